The lowest BCUT2D eigenvalue weighted by Gasteiger charge is -2.24. The van der Waals surface area contributed by atoms with E-state index in [9.17, 15) is 9.18 Å². The Hall–Kier alpha value is -1.29. The molecule has 0 heterocycles. The van der Waals surface area contributed by atoms with Crippen LogP contribution in [0.2, 0.25) is 5.02 Å². The molecular formula is C12H14ClFO3. The van der Waals surface area contributed by atoms with Crippen molar-refractivity contribution in [3.63, 3.8) is 0 Å². The third-order valence-electron chi connectivity index (χ3n) is 2.03. The Morgan fingerprint density at radius 1 is 1.47 bits per heavy atom. The van der Waals surface area contributed by atoms with Crippen molar-refractivity contribution in [1.82, 2.24) is 0 Å². The van der Waals surface area contributed by atoms with Gasteiger partial charge < -0.3 is 9.47 Å². The van der Waals surface area contributed by atoms with Gasteiger partial charge in [0.25, 0.3) is 0 Å². The molecule has 94 valence electrons. The number of rotatable bonds is 4. The van der Waals surface area contributed by atoms with E-state index in [2.05, 4.69) is 0 Å². The summed E-state index contributed by atoms with van der Waals surface area (Å²) >= 11 is 5.61. The molecule has 0 unspecified atom stereocenters. The lowest BCUT2D eigenvalue weighted by atomic mass is 10.1. The van der Waals surface area contributed by atoms with Crippen molar-refractivity contribution < 1.29 is 18.7 Å². The van der Waals surface area contributed by atoms with Crippen LogP contribution in [0.15, 0.2) is 18.2 Å². The van der Waals surface area contributed by atoms with E-state index >= 15 is 0 Å². The highest BCUT2D eigenvalue weighted by molar-refractivity contribution is 6.30. The molecule has 0 aliphatic rings. The van der Waals surface area contributed by atoms with Gasteiger partial charge in [-0.25, -0.2) is 9.18 Å². The molecule has 0 radical (unpaired) electrons. The van der Waals surface area contributed by atoms with Crippen molar-refractivity contribution in [2.24, 2.45) is 0 Å². The zero-order chi connectivity index (χ0) is 13.1. The Kier molecular flexibility index (Phi) is 4.34. The van der Waals surface area contributed by atoms with Crippen LogP contribution in [0.1, 0.15) is 20.8 Å². The minimum absolute atomic E-state index is 0.0348. The molecule has 1 rings (SSSR count). The molecule has 0 N–H and O–H groups in total. The van der Waals surface area contributed by atoms with Crippen LogP contribution < -0.4 is 4.74 Å². The summed E-state index contributed by atoms with van der Waals surface area (Å²) in [6.07, 6.45) is 0. The molecule has 0 atom stereocenters. The average Bonchev–Trinajstić information content (AvgIpc) is 2.22. The van der Waals surface area contributed by atoms with Gasteiger partial charge in [-0.1, -0.05) is 11.6 Å². The third-order valence-corrected chi connectivity index (χ3v) is 2.26. The first-order valence-corrected chi connectivity index (χ1v) is 5.56. The molecule has 0 amide bonds. The van der Waals surface area contributed by atoms with Crippen molar-refractivity contribution in [2.75, 3.05) is 6.61 Å². The van der Waals surface area contributed by atoms with Crippen molar-refractivity contribution in [3.05, 3.63) is 29.0 Å². The summed E-state index contributed by atoms with van der Waals surface area (Å²) in [5.74, 6) is -1.20. The zero-order valence-corrected chi connectivity index (χ0v) is 10.7. The Morgan fingerprint density at radius 2 is 2.12 bits per heavy atom. The van der Waals surface area contributed by atoms with Crippen LogP contribution in [0, 0.1) is 5.82 Å². The Labute approximate surface area is 104 Å². The molecule has 17 heavy (non-hydrogen) atoms. The van der Waals surface area contributed by atoms with Crippen LogP contribution in [0.25, 0.3) is 0 Å². The van der Waals surface area contributed by atoms with E-state index in [4.69, 9.17) is 21.1 Å². The van der Waals surface area contributed by atoms with Gasteiger partial charge in [0.15, 0.2) is 17.2 Å². The van der Waals surface area contributed by atoms with Crippen molar-refractivity contribution in [3.8, 4) is 5.75 Å². The highest BCUT2D eigenvalue weighted by Gasteiger charge is 2.32. The van der Waals surface area contributed by atoms with E-state index < -0.39 is 17.4 Å². The van der Waals surface area contributed by atoms with E-state index in [0.29, 0.717) is 0 Å². The number of hydrogen-bond donors (Lipinski definition) is 0. The van der Waals surface area contributed by atoms with E-state index in [0.717, 1.165) is 6.07 Å². The quantitative estimate of drug-likeness (QED) is 0.780. The van der Waals surface area contributed by atoms with Crippen LogP contribution in [0.3, 0.4) is 0 Å². The number of halogens is 2. The normalized spacial score (nSPS) is 11.1. The van der Waals surface area contributed by atoms with E-state index in [1.807, 2.05) is 0 Å². The van der Waals surface area contributed by atoms with Crippen LogP contribution in [0.4, 0.5) is 4.39 Å². The molecule has 0 aromatic heterocycles. The monoisotopic (exact) mass is 260 g/mol. The molecule has 0 saturated heterocycles. The van der Waals surface area contributed by atoms with Gasteiger partial charge in [-0.2, -0.15) is 0 Å². The molecular weight excluding hydrogens is 247 g/mol. The Bertz CT molecular complexity index is 418. The fourth-order valence-electron chi connectivity index (χ4n) is 1.18. The standard InChI is InChI=1S/C12H14ClFO3/c1-4-16-11(15)12(2,3)17-10-6-5-8(13)7-9(10)14/h5-7H,4H2,1-3H3. The molecule has 0 aliphatic carbocycles. The maximum absolute atomic E-state index is 13.5. The van der Waals surface area contributed by atoms with Crippen molar-refractivity contribution in [1.29, 1.82) is 0 Å². The fraction of sp³-hybridized carbons (Fsp3) is 0.417. The maximum Gasteiger partial charge on any atom is 0.349 e. The van der Waals surface area contributed by atoms with Gasteiger partial charge in [-0.3, -0.25) is 0 Å². The fourth-order valence-corrected chi connectivity index (χ4v) is 1.34. The minimum atomic E-state index is -1.25. The summed E-state index contributed by atoms with van der Waals surface area (Å²) in [6.45, 7) is 4.96. The predicted octanol–water partition coefficient (Wildman–Crippen LogP) is 3.20. The van der Waals surface area contributed by atoms with Crippen molar-refractivity contribution >= 4 is 17.6 Å². The molecule has 0 spiro atoms. The van der Waals surface area contributed by atoms with Crippen LogP contribution in [0.5, 0.6) is 5.75 Å². The molecule has 3 nitrogen and oxygen atoms in total. The van der Waals surface area contributed by atoms with Gasteiger partial charge in [0.1, 0.15) is 0 Å². The van der Waals surface area contributed by atoms with Gasteiger partial charge in [0.05, 0.1) is 6.61 Å². The second-order valence-corrected chi connectivity index (χ2v) is 4.34. The molecule has 1 aromatic carbocycles. The largest absolute Gasteiger partial charge is 0.473 e. The molecule has 1 aromatic rings. The summed E-state index contributed by atoms with van der Waals surface area (Å²) in [5, 5.41) is 0.267. The molecule has 0 aliphatic heterocycles. The predicted molar refractivity (Wildman–Crippen MR) is 62.8 cm³/mol. The topological polar surface area (TPSA) is 35.5 Å². The highest BCUT2D eigenvalue weighted by atomic mass is 35.5. The number of carbonyl (C=O) groups excluding carboxylic acids is 1. The van der Waals surface area contributed by atoms with E-state index in [1.165, 1.54) is 26.0 Å². The zero-order valence-electron chi connectivity index (χ0n) is 9.92. The minimum Gasteiger partial charge on any atom is -0.473 e. The number of benzene rings is 1. The highest BCUT2D eigenvalue weighted by Crippen LogP contribution is 2.25. The molecule has 0 fully saturated rings. The van der Waals surface area contributed by atoms with Crippen LogP contribution in [-0.2, 0) is 9.53 Å². The number of esters is 1. The SMILES string of the molecule is CCOC(=O)C(C)(C)Oc1ccc(Cl)cc1F. The smallest absolute Gasteiger partial charge is 0.349 e. The van der Waals surface area contributed by atoms with Crippen LogP contribution >= 0.6 is 11.6 Å². The number of hydrogen-bond acceptors (Lipinski definition) is 3. The van der Waals surface area contributed by atoms with E-state index in [1.54, 1.807) is 6.92 Å². The van der Waals surface area contributed by atoms with Gasteiger partial charge >= 0.3 is 5.97 Å². The first-order chi connectivity index (χ1) is 7.86. The lowest BCUT2D eigenvalue weighted by molar-refractivity contribution is -0.158. The van der Waals surface area contributed by atoms with Gasteiger partial charge in [-0.15, -0.1) is 0 Å². The van der Waals surface area contributed by atoms with Crippen LogP contribution in [-0.4, -0.2) is 18.2 Å². The van der Waals surface area contributed by atoms with Gasteiger partial charge in [0, 0.05) is 5.02 Å². The Balaban J connectivity index is 2.86. The number of carbonyl (C=O) groups is 1. The van der Waals surface area contributed by atoms with Crippen molar-refractivity contribution in [2.45, 2.75) is 26.4 Å². The Morgan fingerprint density at radius 3 is 2.65 bits per heavy atom. The summed E-state index contributed by atoms with van der Waals surface area (Å²) in [6, 6.07) is 3.98. The van der Waals surface area contributed by atoms with Gasteiger partial charge in [0.2, 0.25) is 0 Å². The van der Waals surface area contributed by atoms with E-state index in [-0.39, 0.29) is 17.4 Å². The molecule has 5 heteroatoms. The summed E-state index contributed by atoms with van der Waals surface area (Å²) in [7, 11) is 0. The summed E-state index contributed by atoms with van der Waals surface area (Å²) in [4.78, 5) is 11.6. The number of ether oxygens (including phenoxy) is 2. The molecule has 0 saturated carbocycles. The first-order valence-electron chi connectivity index (χ1n) is 5.18. The first kappa shape index (κ1) is 13.8. The third kappa shape index (κ3) is 3.60. The second-order valence-electron chi connectivity index (χ2n) is 3.91. The summed E-state index contributed by atoms with van der Waals surface area (Å²) in [5.41, 5.74) is -1.25. The average molecular weight is 261 g/mol. The second kappa shape index (κ2) is 5.36. The van der Waals surface area contributed by atoms with Gasteiger partial charge in [-0.05, 0) is 39.0 Å². The lowest BCUT2D eigenvalue weighted by Crippen LogP contribution is -2.40. The maximum atomic E-state index is 13.5. The molecule has 0 bridgehead atoms. The summed E-state index contributed by atoms with van der Waals surface area (Å²) < 4.78 is 23.6.